The van der Waals surface area contributed by atoms with Gasteiger partial charge in [0, 0.05) is 6.07 Å². The van der Waals surface area contributed by atoms with E-state index in [1.165, 1.54) is 18.2 Å². The third-order valence-corrected chi connectivity index (χ3v) is 1.76. The number of nitrogens with one attached hydrogen (secondary N) is 1. The Bertz CT molecular complexity index is 368. The molecule has 16 heavy (non-hydrogen) atoms. The predicted molar refractivity (Wildman–Crippen MR) is 58.2 cm³/mol. The quantitative estimate of drug-likeness (QED) is 0.860. The molecular weight excluding hydrogens is 213 g/mol. The van der Waals surface area contributed by atoms with Gasteiger partial charge in [0.15, 0.2) is 0 Å². The molecule has 0 aromatic heterocycles. The van der Waals surface area contributed by atoms with E-state index in [0.29, 0.717) is 12.3 Å². The van der Waals surface area contributed by atoms with Crippen LogP contribution in [-0.4, -0.2) is 19.3 Å². The van der Waals surface area contributed by atoms with E-state index in [0.717, 1.165) is 0 Å². The molecule has 0 spiro atoms. The zero-order chi connectivity index (χ0) is 12.0. The fourth-order valence-corrected chi connectivity index (χ4v) is 1.15. The zero-order valence-corrected chi connectivity index (χ0v) is 9.25. The van der Waals surface area contributed by atoms with Crippen molar-refractivity contribution < 1.29 is 18.7 Å². The summed E-state index contributed by atoms with van der Waals surface area (Å²) >= 11 is 0. The van der Waals surface area contributed by atoms with E-state index in [2.05, 4.69) is 5.32 Å². The lowest BCUT2D eigenvalue weighted by Gasteiger charge is -2.11. The van der Waals surface area contributed by atoms with E-state index in [9.17, 15) is 9.18 Å². The summed E-state index contributed by atoms with van der Waals surface area (Å²) in [5, 5.41) is 2.47. The SMILES string of the molecule is CCOC(=O)Nc1ccc(F)cc1OCC. The number of hydrogen-bond donors (Lipinski definition) is 1. The number of rotatable bonds is 4. The molecule has 0 atom stereocenters. The molecular formula is C11H14FNO3. The molecule has 0 bridgehead atoms. The first kappa shape index (κ1) is 12.3. The first-order valence-corrected chi connectivity index (χ1v) is 5.03. The van der Waals surface area contributed by atoms with Crippen molar-refractivity contribution >= 4 is 11.8 Å². The van der Waals surface area contributed by atoms with Gasteiger partial charge in [0.2, 0.25) is 0 Å². The molecule has 5 heteroatoms. The third-order valence-electron chi connectivity index (χ3n) is 1.76. The summed E-state index contributed by atoms with van der Waals surface area (Å²) in [5.74, 6) is -0.131. The second kappa shape index (κ2) is 5.95. The highest BCUT2D eigenvalue weighted by atomic mass is 19.1. The standard InChI is InChI=1S/C11H14FNO3/c1-3-15-10-7-8(12)5-6-9(10)13-11(14)16-4-2/h5-7H,3-4H2,1-2H3,(H,13,14). The fraction of sp³-hybridized carbons (Fsp3) is 0.364. The maximum atomic E-state index is 12.9. The fourth-order valence-electron chi connectivity index (χ4n) is 1.15. The number of halogens is 1. The molecule has 0 radical (unpaired) electrons. The molecule has 0 unspecified atom stereocenters. The lowest BCUT2D eigenvalue weighted by Crippen LogP contribution is -2.14. The van der Waals surface area contributed by atoms with E-state index in [1.54, 1.807) is 13.8 Å². The van der Waals surface area contributed by atoms with Gasteiger partial charge in [-0.15, -0.1) is 0 Å². The van der Waals surface area contributed by atoms with Crippen LogP contribution >= 0.6 is 0 Å². The highest BCUT2D eigenvalue weighted by Crippen LogP contribution is 2.25. The second-order valence-electron chi connectivity index (χ2n) is 2.92. The number of ether oxygens (including phenoxy) is 2. The molecule has 0 aliphatic heterocycles. The van der Waals surface area contributed by atoms with Gasteiger partial charge in [-0.1, -0.05) is 0 Å². The van der Waals surface area contributed by atoms with Gasteiger partial charge in [0.05, 0.1) is 18.9 Å². The largest absolute Gasteiger partial charge is 0.492 e. The summed E-state index contributed by atoms with van der Waals surface area (Å²) in [6, 6.07) is 3.88. The Morgan fingerprint density at radius 3 is 2.75 bits per heavy atom. The van der Waals surface area contributed by atoms with Gasteiger partial charge >= 0.3 is 6.09 Å². The van der Waals surface area contributed by atoms with E-state index < -0.39 is 11.9 Å². The molecule has 0 saturated heterocycles. The van der Waals surface area contributed by atoms with Gasteiger partial charge in [0.1, 0.15) is 11.6 Å². The molecule has 0 heterocycles. The number of carbonyl (C=O) groups excluding carboxylic acids is 1. The van der Waals surface area contributed by atoms with Crippen LogP contribution in [0.4, 0.5) is 14.9 Å². The average molecular weight is 227 g/mol. The highest BCUT2D eigenvalue weighted by Gasteiger charge is 2.09. The van der Waals surface area contributed by atoms with Crippen LogP contribution in [0.2, 0.25) is 0 Å². The van der Waals surface area contributed by atoms with Gasteiger partial charge in [-0.3, -0.25) is 5.32 Å². The molecule has 1 rings (SSSR count). The third kappa shape index (κ3) is 3.42. The lowest BCUT2D eigenvalue weighted by atomic mass is 10.3. The molecule has 4 nitrogen and oxygen atoms in total. The first-order valence-electron chi connectivity index (χ1n) is 5.03. The number of hydrogen-bond acceptors (Lipinski definition) is 3. The second-order valence-corrected chi connectivity index (χ2v) is 2.92. The number of amides is 1. The molecule has 88 valence electrons. The van der Waals surface area contributed by atoms with Crippen molar-refractivity contribution in [3.8, 4) is 5.75 Å². The zero-order valence-electron chi connectivity index (χ0n) is 9.25. The van der Waals surface area contributed by atoms with Crippen molar-refractivity contribution in [1.82, 2.24) is 0 Å². The smallest absolute Gasteiger partial charge is 0.411 e. The van der Waals surface area contributed by atoms with Gasteiger partial charge in [0.25, 0.3) is 0 Å². The average Bonchev–Trinajstić information content (AvgIpc) is 2.23. The minimum Gasteiger partial charge on any atom is -0.492 e. The Morgan fingerprint density at radius 2 is 2.12 bits per heavy atom. The summed E-state index contributed by atoms with van der Waals surface area (Å²) < 4.78 is 22.8. The molecule has 0 aliphatic rings. The minimum absolute atomic E-state index is 0.275. The molecule has 1 N–H and O–H groups in total. The summed E-state index contributed by atoms with van der Waals surface area (Å²) in [6.07, 6.45) is -0.588. The summed E-state index contributed by atoms with van der Waals surface area (Å²) in [7, 11) is 0. The Hall–Kier alpha value is -1.78. The number of anilines is 1. The monoisotopic (exact) mass is 227 g/mol. The van der Waals surface area contributed by atoms with Crippen LogP contribution in [0, 0.1) is 5.82 Å². The van der Waals surface area contributed by atoms with Crippen LogP contribution in [0.25, 0.3) is 0 Å². The summed E-state index contributed by atoms with van der Waals surface area (Å²) in [5.41, 5.74) is 0.390. The van der Waals surface area contributed by atoms with Gasteiger partial charge in [-0.25, -0.2) is 9.18 Å². The van der Waals surface area contributed by atoms with Crippen molar-refractivity contribution in [2.75, 3.05) is 18.5 Å². The van der Waals surface area contributed by atoms with Gasteiger partial charge in [-0.05, 0) is 26.0 Å². The van der Waals surface area contributed by atoms with Crippen LogP contribution in [0.15, 0.2) is 18.2 Å². The maximum Gasteiger partial charge on any atom is 0.411 e. The maximum absolute atomic E-state index is 12.9. The van der Waals surface area contributed by atoms with E-state index in [1.807, 2.05) is 0 Å². The van der Waals surface area contributed by atoms with Crippen LogP contribution in [-0.2, 0) is 4.74 Å². The van der Waals surface area contributed by atoms with Crippen molar-refractivity contribution in [3.63, 3.8) is 0 Å². The molecule has 0 aliphatic carbocycles. The Labute approximate surface area is 93.4 Å². The minimum atomic E-state index is -0.588. The molecule has 1 aromatic rings. The van der Waals surface area contributed by atoms with E-state index in [-0.39, 0.29) is 12.4 Å². The molecule has 1 amide bonds. The predicted octanol–water partition coefficient (Wildman–Crippen LogP) is 2.79. The number of carbonyl (C=O) groups is 1. The van der Waals surface area contributed by atoms with Crippen molar-refractivity contribution in [2.45, 2.75) is 13.8 Å². The van der Waals surface area contributed by atoms with Crippen LogP contribution in [0.5, 0.6) is 5.75 Å². The summed E-state index contributed by atoms with van der Waals surface area (Å²) in [6.45, 7) is 4.14. The van der Waals surface area contributed by atoms with Crippen LogP contribution < -0.4 is 10.1 Å². The van der Waals surface area contributed by atoms with Crippen molar-refractivity contribution in [2.24, 2.45) is 0 Å². The Morgan fingerprint density at radius 1 is 1.38 bits per heavy atom. The lowest BCUT2D eigenvalue weighted by molar-refractivity contribution is 0.167. The molecule has 0 fully saturated rings. The van der Waals surface area contributed by atoms with Crippen LogP contribution in [0.1, 0.15) is 13.8 Å². The molecule has 1 aromatic carbocycles. The Balaban J connectivity index is 2.81. The highest BCUT2D eigenvalue weighted by molar-refractivity contribution is 5.86. The Kier molecular flexibility index (Phi) is 4.57. The first-order chi connectivity index (χ1) is 7.67. The van der Waals surface area contributed by atoms with Gasteiger partial charge < -0.3 is 9.47 Å². The van der Waals surface area contributed by atoms with Crippen molar-refractivity contribution in [3.05, 3.63) is 24.0 Å². The number of benzene rings is 1. The molecule has 0 saturated carbocycles. The topological polar surface area (TPSA) is 47.6 Å². The van der Waals surface area contributed by atoms with Crippen molar-refractivity contribution in [1.29, 1.82) is 0 Å². The normalized spacial score (nSPS) is 9.69. The van der Waals surface area contributed by atoms with Gasteiger partial charge in [-0.2, -0.15) is 0 Å². The van der Waals surface area contributed by atoms with E-state index >= 15 is 0 Å². The summed E-state index contributed by atoms with van der Waals surface area (Å²) in [4.78, 5) is 11.2. The van der Waals surface area contributed by atoms with E-state index in [4.69, 9.17) is 9.47 Å². The van der Waals surface area contributed by atoms with Crippen LogP contribution in [0.3, 0.4) is 0 Å².